The second-order valence-corrected chi connectivity index (χ2v) is 6.84. The van der Waals surface area contributed by atoms with Crippen LogP contribution in [0.4, 0.5) is 0 Å². The lowest BCUT2D eigenvalue weighted by atomic mass is 9.88. The monoisotopic (exact) mass is 257 g/mol. The van der Waals surface area contributed by atoms with E-state index in [-0.39, 0.29) is 11.1 Å². The molecular weight excluding hydrogens is 238 g/mol. The molecule has 6 heteroatoms. The van der Waals surface area contributed by atoms with Gasteiger partial charge in [0.1, 0.15) is 5.03 Å². The number of rotatable bonds is 2. The van der Waals surface area contributed by atoms with Crippen molar-refractivity contribution in [1.82, 2.24) is 9.29 Å². The van der Waals surface area contributed by atoms with Crippen molar-refractivity contribution in [2.24, 2.45) is 5.73 Å². The molecule has 0 saturated carbocycles. The Hall–Kier alpha value is -0.850. The Morgan fingerprint density at radius 1 is 1.53 bits per heavy atom. The molecule has 96 valence electrons. The van der Waals surface area contributed by atoms with E-state index in [1.165, 1.54) is 4.31 Å². The fraction of sp³-hybridized carbons (Fsp3) is 0.636. The predicted octanol–water partition coefficient (Wildman–Crippen LogP) is 0.905. The number of hydrogen-bond donors (Lipinski definition) is 2. The second kappa shape index (κ2) is 4.12. The Bertz CT molecular complexity index is 479. The first-order chi connectivity index (χ1) is 7.87. The van der Waals surface area contributed by atoms with Crippen molar-refractivity contribution in [3.8, 4) is 0 Å². The van der Waals surface area contributed by atoms with Crippen LogP contribution in [0.3, 0.4) is 0 Å². The van der Waals surface area contributed by atoms with Gasteiger partial charge >= 0.3 is 0 Å². The van der Waals surface area contributed by atoms with E-state index in [9.17, 15) is 8.42 Å². The summed E-state index contributed by atoms with van der Waals surface area (Å²) in [6.07, 6.45) is 3.29. The van der Waals surface area contributed by atoms with Crippen LogP contribution >= 0.6 is 0 Å². The summed E-state index contributed by atoms with van der Waals surface area (Å²) in [6, 6.07) is 3.14. The number of aromatic nitrogens is 1. The number of H-pyrrole nitrogens is 1. The fourth-order valence-electron chi connectivity index (χ4n) is 2.30. The van der Waals surface area contributed by atoms with Crippen LogP contribution in [0.1, 0.15) is 26.7 Å². The van der Waals surface area contributed by atoms with E-state index in [0.717, 1.165) is 12.8 Å². The van der Waals surface area contributed by atoms with Gasteiger partial charge < -0.3 is 10.7 Å². The van der Waals surface area contributed by atoms with E-state index < -0.39 is 15.6 Å². The first-order valence-electron chi connectivity index (χ1n) is 5.78. The number of nitrogens with one attached hydrogen (secondary N) is 1. The van der Waals surface area contributed by atoms with Crippen LogP contribution in [0.15, 0.2) is 23.4 Å². The van der Waals surface area contributed by atoms with Crippen LogP contribution in [0.2, 0.25) is 0 Å². The Balaban J connectivity index is 2.40. The van der Waals surface area contributed by atoms with Gasteiger partial charge in [-0.2, -0.15) is 4.31 Å². The highest BCUT2D eigenvalue weighted by molar-refractivity contribution is 7.89. The predicted molar refractivity (Wildman–Crippen MR) is 66.0 cm³/mol. The molecule has 5 nitrogen and oxygen atoms in total. The number of hydrogen-bond acceptors (Lipinski definition) is 3. The molecule has 0 amide bonds. The summed E-state index contributed by atoms with van der Waals surface area (Å²) in [5.41, 5.74) is 5.50. The van der Waals surface area contributed by atoms with Gasteiger partial charge in [0.25, 0.3) is 10.0 Å². The summed E-state index contributed by atoms with van der Waals surface area (Å²) < 4.78 is 26.4. The van der Waals surface area contributed by atoms with Crippen LogP contribution in [0, 0.1) is 0 Å². The maximum absolute atomic E-state index is 12.4. The zero-order chi connectivity index (χ0) is 12.7. The molecule has 0 bridgehead atoms. The van der Waals surface area contributed by atoms with Crippen LogP contribution in [-0.2, 0) is 10.0 Å². The van der Waals surface area contributed by atoms with Crippen LogP contribution in [0.25, 0.3) is 0 Å². The van der Waals surface area contributed by atoms with E-state index in [0.29, 0.717) is 6.54 Å². The lowest BCUT2D eigenvalue weighted by molar-refractivity contribution is 0.142. The molecule has 1 unspecified atom stereocenters. The van der Waals surface area contributed by atoms with E-state index in [2.05, 4.69) is 4.98 Å². The summed E-state index contributed by atoms with van der Waals surface area (Å²) in [7, 11) is -3.46. The number of nitrogens with two attached hydrogens (primary N) is 1. The number of piperidine rings is 1. The summed E-state index contributed by atoms with van der Waals surface area (Å²) in [5, 5.41) is 0.236. The lowest BCUT2D eigenvalue weighted by Crippen LogP contribution is -2.61. The van der Waals surface area contributed by atoms with Gasteiger partial charge in [-0.25, -0.2) is 8.42 Å². The smallest absolute Gasteiger partial charge is 0.259 e. The molecule has 0 spiro atoms. The molecule has 1 fully saturated rings. The van der Waals surface area contributed by atoms with Crippen LogP contribution in [0.5, 0.6) is 0 Å². The number of aromatic amines is 1. The molecule has 1 aromatic heterocycles. The van der Waals surface area contributed by atoms with Crippen molar-refractivity contribution in [2.45, 2.75) is 43.3 Å². The minimum atomic E-state index is -3.46. The maximum Gasteiger partial charge on any atom is 0.259 e. The third-order valence-electron chi connectivity index (χ3n) is 3.56. The van der Waals surface area contributed by atoms with Gasteiger partial charge in [0, 0.05) is 24.3 Å². The molecule has 1 aliphatic heterocycles. The molecule has 2 heterocycles. The molecule has 1 atom stereocenters. The highest BCUT2D eigenvalue weighted by atomic mass is 32.2. The maximum atomic E-state index is 12.4. The Labute approximate surface area is 102 Å². The van der Waals surface area contributed by atoms with Gasteiger partial charge in [-0.1, -0.05) is 0 Å². The standard InChI is InChI=1S/C11H19N3O2S/c1-11(2)9(12)5-4-8-14(11)17(15,16)10-6-3-7-13-10/h3,6-7,9,13H,4-5,8,12H2,1-2H3. The summed E-state index contributed by atoms with van der Waals surface area (Å²) in [5.74, 6) is 0. The van der Waals surface area contributed by atoms with Gasteiger partial charge in [-0.05, 0) is 38.8 Å². The summed E-state index contributed by atoms with van der Waals surface area (Å²) in [6.45, 7) is 4.30. The minimum absolute atomic E-state index is 0.124. The molecule has 0 aliphatic carbocycles. The largest absolute Gasteiger partial charge is 0.351 e. The normalized spacial score (nSPS) is 25.9. The second-order valence-electron chi connectivity index (χ2n) is 5.01. The molecule has 1 aromatic rings. The first-order valence-corrected chi connectivity index (χ1v) is 7.22. The topological polar surface area (TPSA) is 79.2 Å². The van der Waals surface area contributed by atoms with Crippen molar-refractivity contribution in [3.05, 3.63) is 18.3 Å². The lowest BCUT2D eigenvalue weighted by Gasteiger charge is -2.45. The van der Waals surface area contributed by atoms with Crippen molar-refractivity contribution in [1.29, 1.82) is 0 Å². The average molecular weight is 257 g/mol. The SMILES string of the molecule is CC1(C)C(N)CCCN1S(=O)(=O)c1ccc[nH]1. The number of nitrogens with zero attached hydrogens (tertiary/aromatic N) is 1. The zero-order valence-electron chi connectivity index (χ0n) is 10.2. The number of sulfonamides is 1. The van der Waals surface area contributed by atoms with E-state index in [1.54, 1.807) is 18.3 Å². The Kier molecular flexibility index (Phi) is 3.05. The third-order valence-corrected chi connectivity index (χ3v) is 5.61. The summed E-state index contributed by atoms with van der Waals surface area (Å²) in [4.78, 5) is 2.76. The van der Waals surface area contributed by atoms with Gasteiger partial charge in [0.2, 0.25) is 0 Å². The van der Waals surface area contributed by atoms with Crippen LogP contribution in [-0.4, -0.2) is 35.8 Å². The van der Waals surface area contributed by atoms with Crippen molar-refractivity contribution in [3.63, 3.8) is 0 Å². The zero-order valence-corrected chi connectivity index (χ0v) is 11.0. The molecular formula is C11H19N3O2S. The Morgan fingerprint density at radius 3 is 2.82 bits per heavy atom. The van der Waals surface area contributed by atoms with Crippen LogP contribution < -0.4 is 5.73 Å². The first kappa shape index (κ1) is 12.6. The molecule has 3 N–H and O–H groups in total. The minimum Gasteiger partial charge on any atom is -0.351 e. The molecule has 1 saturated heterocycles. The van der Waals surface area contributed by atoms with Crippen molar-refractivity contribution >= 4 is 10.0 Å². The highest BCUT2D eigenvalue weighted by Gasteiger charge is 2.43. The van der Waals surface area contributed by atoms with Gasteiger partial charge in [0.15, 0.2) is 0 Å². The van der Waals surface area contributed by atoms with Gasteiger partial charge in [0.05, 0.1) is 0 Å². The third kappa shape index (κ3) is 2.00. The van der Waals surface area contributed by atoms with Gasteiger partial charge in [-0.15, -0.1) is 0 Å². The van der Waals surface area contributed by atoms with E-state index >= 15 is 0 Å². The molecule has 0 radical (unpaired) electrons. The van der Waals surface area contributed by atoms with E-state index in [4.69, 9.17) is 5.73 Å². The fourth-order valence-corrected chi connectivity index (χ4v) is 4.13. The van der Waals surface area contributed by atoms with Crippen molar-refractivity contribution in [2.75, 3.05) is 6.54 Å². The average Bonchev–Trinajstić information content (AvgIpc) is 2.75. The molecule has 17 heavy (non-hydrogen) atoms. The molecule has 0 aromatic carbocycles. The highest BCUT2D eigenvalue weighted by Crippen LogP contribution is 2.31. The Morgan fingerprint density at radius 2 is 2.24 bits per heavy atom. The summed E-state index contributed by atoms with van der Waals surface area (Å²) >= 11 is 0. The van der Waals surface area contributed by atoms with Gasteiger partial charge in [-0.3, -0.25) is 0 Å². The van der Waals surface area contributed by atoms with E-state index in [1.807, 2.05) is 13.8 Å². The van der Waals surface area contributed by atoms with Crippen molar-refractivity contribution < 1.29 is 8.42 Å². The molecule has 1 aliphatic rings. The quantitative estimate of drug-likeness (QED) is 0.826. The molecule has 2 rings (SSSR count).